The largest absolute Gasteiger partial charge is 0.479 e. The summed E-state index contributed by atoms with van der Waals surface area (Å²) in [5.74, 6) is -11.8. The first-order chi connectivity index (χ1) is 53.1. The smallest absolute Gasteiger partial charge is 0.407 e. The van der Waals surface area contributed by atoms with Crippen molar-refractivity contribution in [1.82, 2.24) is 19.8 Å². The lowest BCUT2D eigenvalue weighted by Gasteiger charge is -2.38. The molecule has 3 aliphatic heterocycles. The van der Waals surface area contributed by atoms with E-state index in [1.54, 1.807) is 24.3 Å². The maximum atomic E-state index is 13.9. The van der Waals surface area contributed by atoms with E-state index in [1.807, 2.05) is 43.0 Å². The third kappa shape index (κ3) is 31.1. The average molecular weight is 1580 g/mol. The van der Waals surface area contributed by atoms with Crippen LogP contribution in [0.15, 0.2) is 82.2 Å². The number of aliphatic imine (C=N–C) groups is 1. The number of esters is 1. The highest BCUT2D eigenvalue weighted by atomic mass is 32.2. The quantitative estimate of drug-likeness (QED) is 0.00940. The number of aliphatic hydroxyl groups is 1. The number of amides is 4. The summed E-state index contributed by atoms with van der Waals surface area (Å²) in [6.45, 7) is 10.8. The van der Waals surface area contributed by atoms with Crippen LogP contribution in [0, 0.1) is 29.2 Å². The van der Waals surface area contributed by atoms with Gasteiger partial charge < -0.3 is 103 Å². The average Bonchev–Trinajstić information content (AvgIpc) is 0.957. The highest BCUT2D eigenvalue weighted by Crippen LogP contribution is 2.36. The van der Waals surface area contributed by atoms with Crippen LogP contribution in [0.1, 0.15) is 76.3 Å². The number of benzene rings is 4. The van der Waals surface area contributed by atoms with Gasteiger partial charge in [-0.1, -0.05) is 44.2 Å². The summed E-state index contributed by atoms with van der Waals surface area (Å²) in [6, 6.07) is 16.6. The zero-order chi connectivity index (χ0) is 79.1. The Morgan fingerprint density at radius 2 is 1.19 bits per heavy atom. The van der Waals surface area contributed by atoms with Gasteiger partial charge in [-0.3, -0.25) is 19.2 Å². The molecule has 36 heteroatoms. The molecule has 3 heterocycles. The molecule has 0 spiro atoms. The van der Waals surface area contributed by atoms with Gasteiger partial charge in [0.15, 0.2) is 17.7 Å². The van der Waals surface area contributed by atoms with Gasteiger partial charge in [0.1, 0.15) is 18.2 Å². The van der Waals surface area contributed by atoms with Crippen LogP contribution in [0.3, 0.4) is 0 Å². The van der Waals surface area contributed by atoms with Crippen molar-refractivity contribution in [2.75, 3.05) is 177 Å². The van der Waals surface area contributed by atoms with Crippen LogP contribution in [0.2, 0.25) is 0 Å². The van der Waals surface area contributed by atoms with Crippen LogP contribution >= 0.6 is 0 Å². The number of nitrogens with two attached hydrogens (primary N) is 1. The first kappa shape index (κ1) is 88.9. The number of ether oxygens (including phenoxy) is 14. The number of hydrogen-bond donors (Lipinski definition) is 6. The van der Waals surface area contributed by atoms with Crippen LogP contribution in [-0.2, 0) is 97.4 Å². The first-order valence-electron chi connectivity index (χ1n) is 36.3. The van der Waals surface area contributed by atoms with Crippen LogP contribution in [0.4, 0.5) is 33.7 Å². The van der Waals surface area contributed by atoms with Crippen LogP contribution in [-0.4, -0.2) is 259 Å². The highest BCUT2D eigenvalue weighted by Gasteiger charge is 2.38. The molecule has 31 nitrogen and oxygen atoms in total. The predicted molar refractivity (Wildman–Crippen MR) is 388 cm³/mol. The number of hydrogen-bond acceptors (Lipinski definition) is 25. The number of alkyl carbamates (subject to hydrolysis) is 1. The Labute approximate surface area is 635 Å². The van der Waals surface area contributed by atoms with Crippen molar-refractivity contribution < 1.29 is 131 Å². The van der Waals surface area contributed by atoms with Gasteiger partial charge in [0, 0.05) is 94.5 Å². The van der Waals surface area contributed by atoms with Crippen LogP contribution in [0.5, 0.6) is 11.5 Å². The molecule has 608 valence electrons. The zero-order valence-corrected chi connectivity index (χ0v) is 62.5. The Morgan fingerprint density at radius 3 is 1.75 bits per heavy atom. The fourth-order valence-corrected chi connectivity index (χ4v) is 12.6. The second-order valence-electron chi connectivity index (χ2n) is 25.2. The Hall–Kier alpha value is -8.34. The van der Waals surface area contributed by atoms with E-state index in [1.165, 1.54) is 22.5 Å². The molecule has 3 atom stereocenters. The number of halogens is 4. The third-order valence-corrected chi connectivity index (χ3v) is 18.4. The summed E-state index contributed by atoms with van der Waals surface area (Å²) >= 11 is 0. The van der Waals surface area contributed by atoms with E-state index < -0.39 is 87.9 Å². The maximum absolute atomic E-state index is 13.9. The molecule has 4 amide bonds. The summed E-state index contributed by atoms with van der Waals surface area (Å²) in [4.78, 5) is 82.4. The molecule has 7 N–H and O–H groups in total. The third-order valence-electron chi connectivity index (χ3n) is 16.5. The number of fused-ring (bicyclic) bond motifs is 1. The molecule has 3 aliphatic rings. The van der Waals surface area contributed by atoms with Crippen molar-refractivity contribution in [3.8, 4) is 22.6 Å². The van der Waals surface area contributed by atoms with E-state index in [0.29, 0.717) is 133 Å². The molecular weight excluding hydrogens is 1480 g/mol. The molecule has 2 fully saturated rings. The molecule has 0 bridgehead atoms. The number of nitrogens with one attached hydrogen (secondary N) is 3. The number of carbonyl (C=O) groups is 6. The van der Waals surface area contributed by atoms with Crippen molar-refractivity contribution in [3.05, 3.63) is 107 Å². The first-order valence-corrected chi connectivity index (χ1v) is 37.8. The second kappa shape index (κ2) is 48.4. The minimum absolute atomic E-state index is 0.00465. The number of sulfonamides is 1. The molecule has 0 aliphatic carbocycles. The van der Waals surface area contributed by atoms with E-state index in [4.69, 9.17) is 67.3 Å². The minimum Gasteiger partial charge on any atom is -0.479 e. The van der Waals surface area contributed by atoms with E-state index in [2.05, 4.69) is 25.7 Å². The number of rotatable bonds is 53. The number of carbonyl (C=O) groups excluding carboxylic acids is 5. The topological polar surface area (TPSA) is 387 Å². The molecule has 2 saturated heterocycles. The molecule has 0 unspecified atom stereocenters. The Bertz CT molecular complexity index is 3750. The maximum Gasteiger partial charge on any atom is 0.407 e. The molecule has 110 heavy (non-hydrogen) atoms. The van der Waals surface area contributed by atoms with Gasteiger partial charge in [-0.05, 0) is 65.9 Å². The molecule has 0 radical (unpaired) electrons. The minimum atomic E-state index is -3.93. The zero-order valence-electron chi connectivity index (χ0n) is 61.7. The number of carboxylic acid groups (broad SMARTS) is 1. The fraction of sp³-hybridized carbons (Fsp3) is 0.554. The number of carboxylic acids is 1. The number of nitrogens with zero attached hydrogens (tertiary/aromatic N) is 3. The lowest BCUT2D eigenvalue weighted by molar-refractivity contribution is -0.195. The lowest BCUT2D eigenvalue weighted by Crippen LogP contribution is -2.53. The molecule has 0 saturated carbocycles. The molecule has 4 aromatic rings. The van der Waals surface area contributed by atoms with Gasteiger partial charge >= 0.3 is 18.0 Å². The molecule has 0 aromatic heterocycles. The van der Waals surface area contributed by atoms with Crippen molar-refractivity contribution in [2.45, 2.75) is 95.2 Å². The van der Waals surface area contributed by atoms with Crippen molar-refractivity contribution in [3.63, 3.8) is 0 Å². The number of aliphatic carboxylic acids is 1. The van der Waals surface area contributed by atoms with Gasteiger partial charge in [0.05, 0.1) is 161 Å². The van der Waals surface area contributed by atoms with E-state index in [-0.39, 0.29) is 151 Å². The normalized spacial score (nSPS) is 15.9. The number of aliphatic hydroxyl groups excluding tert-OH is 1. The molecule has 4 aromatic carbocycles. The van der Waals surface area contributed by atoms with E-state index in [9.17, 15) is 65.0 Å². The van der Waals surface area contributed by atoms with Gasteiger partial charge in [-0.25, -0.2) is 31.8 Å². The van der Waals surface area contributed by atoms with E-state index in [0.717, 1.165) is 18.4 Å². The molecule has 7 rings (SSSR count). The standard InChI is InChI=1S/C74H99F4N7O24S/c1-3-16-84(17-4-2)72(90)55-39-54-10-9-53(41-60(54)82-64(79)42-55)52-6-5-7-57(40-52)110(94,95)85-47-51(48-85)46-81-74(93)106-49-50-8-11-62(107-68-44-56(86)43-63(108-68)73(91)92)61(38-50)83-66(88)12-15-80-65(87)13-18-96-20-22-98-24-26-100-28-30-102-32-34-104-36-37-105-35-33-103-31-29-101-27-25-99-23-21-97-19-14-67(89)109-71-69(77)58(75)45-59(76)70(71)78/h5-11,38-41,45,51,56,63,68,86H,3-4,12-37,42-44,46-49H2,1-2H3,(H2,79,82)(H,80,87)(H,81,93)(H,83,88)(H,91,92)/t56-,63-,68+/m0/s1. The van der Waals surface area contributed by atoms with Crippen molar-refractivity contribution in [2.24, 2.45) is 16.6 Å². The summed E-state index contributed by atoms with van der Waals surface area (Å²) < 4.78 is 159. The van der Waals surface area contributed by atoms with Crippen LogP contribution in [0.25, 0.3) is 17.2 Å². The summed E-state index contributed by atoms with van der Waals surface area (Å²) in [5.41, 5.74) is 10.00. The second-order valence-corrected chi connectivity index (χ2v) is 27.1. The summed E-state index contributed by atoms with van der Waals surface area (Å²) in [7, 11) is -3.93. The van der Waals surface area contributed by atoms with Gasteiger partial charge in [-0.15, -0.1) is 0 Å². The molecular formula is C74H99F4N7O24S. The fourth-order valence-electron chi connectivity index (χ4n) is 11.0. The SMILES string of the molecule is CCCN(CCC)C(=O)C1=Cc2ccc(-c3cccc(S(=O)(=O)N4CC(CNC(=O)OCc5ccc(O[C@H]6C[C@@H](O)C[C@@H](C(=O)O)O6)c(NC(=O)CCNC(=O)CCOCCOCCOCCOCCOCCOCCOCCOCCOCCOCCC(=O)Oc6c(F)c(F)cc(F)c6F)c5)C4)c3)cc2N=C(N)C1. The summed E-state index contributed by atoms with van der Waals surface area (Å²) in [6.07, 6.45) is -1.53. The Balaban J connectivity index is 0.678. The number of amidine groups is 1. The van der Waals surface area contributed by atoms with Gasteiger partial charge in [0.2, 0.25) is 51.4 Å². The van der Waals surface area contributed by atoms with Gasteiger partial charge in [0.25, 0.3) is 0 Å². The summed E-state index contributed by atoms with van der Waals surface area (Å²) in [5, 5.41) is 28.0. The van der Waals surface area contributed by atoms with Crippen molar-refractivity contribution >= 4 is 69.1 Å². The van der Waals surface area contributed by atoms with E-state index >= 15 is 0 Å². The predicted octanol–water partition coefficient (Wildman–Crippen LogP) is 6.21. The van der Waals surface area contributed by atoms with Crippen LogP contribution < -0.4 is 31.2 Å². The Kier molecular flexibility index (Phi) is 39.1. The monoisotopic (exact) mass is 1580 g/mol. The van der Waals surface area contributed by atoms with Crippen molar-refractivity contribution in [1.29, 1.82) is 0 Å². The Morgan fingerprint density at radius 1 is 0.645 bits per heavy atom. The number of anilines is 1. The lowest BCUT2D eigenvalue weighted by atomic mass is 10.0. The van der Waals surface area contributed by atoms with Gasteiger partial charge in [-0.2, -0.15) is 13.1 Å². The highest BCUT2D eigenvalue weighted by molar-refractivity contribution is 7.89.